The fraction of sp³-hybridized carbons (Fsp3) is 0. The fourth-order valence-electron chi connectivity index (χ4n) is 1.81. The zero-order valence-corrected chi connectivity index (χ0v) is 14.3. The van der Waals surface area contributed by atoms with Gasteiger partial charge < -0.3 is 15.6 Å². The highest BCUT2D eigenvalue weighted by atomic mass is 35.5. The lowest BCUT2D eigenvalue weighted by molar-refractivity contribution is 0.411. The van der Waals surface area contributed by atoms with Gasteiger partial charge >= 0.3 is 0 Å². The number of nitrogens with zero attached hydrogens (tertiary/aromatic N) is 2. The summed E-state index contributed by atoms with van der Waals surface area (Å²) in [7, 11) is 0. The molecule has 0 saturated carbocycles. The Bertz CT molecular complexity index is 886. The van der Waals surface area contributed by atoms with Crippen LogP contribution in [0.2, 0.25) is 15.1 Å². The highest BCUT2D eigenvalue weighted by Gasteiger charge is 2.16. The van der Waals surface area contributed by atoms with Gasteiger partial charge in [-0.25, -0.2) is 0 Å². The van der Waals surface area contributed by atoms with Gasteiger partial charge in [-0.05, 0) is 24.3 Å². The third-order valence-electron chi connectivity index (χ3n) is 2.83. The van der Waals surface area contributed by atoms with E-state index in [-0.39, 0.29) is 11.5 Å². The molecule has 5 nitrogen and oxygen atoms in total. The zero-order valence-electron chi connectivity index (χ0n) is 11.3. The maximum Gasteiger partial charge on any atom is 0.203 e. The van der Waals surface area contributed by atoms with Gasteiger partial charge in [-0.3, -0.25) is 0 Å². The Balaban J connectivity index is 2.02. The van der Waals surface area contributed by atoms with Crippen LogP contribution in [0.4, 0.5) is 5.13 Å². The molecule has 2 aromatic carbocycles. The Morgan fingerprint density at radius 3 is 2.43 bits per heavy atom. The largest absolute Gasteiger partial charge is 0.504 e. The van der Waals surface area contributed by atoms with Gasteiger partial charge in [0.1, 0.15) is 5.75 Å². The lowest BCUT2D eigenvalue weighted by atomic mass is 10.2. The number of hydrogen-bond acceptors (Lipinski definition) is 6. The first kappa shape index (κ1) is 16.1. The first-order chi connectivity index (χ1) is 10.9. The molecule has 0 aliphatic carbocycles. The van der Waals surface area contributed by atoms with Crippen LogP contribution in [0.25, 0.3) is 10.6 Å². The summed E-state index contributed by atoms with van der Waals surface area (Å²) in [5.74, 6) is 0.376. The predicted octanol–water partition coefficient (Wildman–Crippen LogP) is 5.25. The second-order valence-corrected chi connectivity index (χ2v) is 6.68. The third kappa shape index (κ3) is 3.45. The van der Waals surface area contributed by atoms with Crippen molar-refractivity contribution in [2.45, 2.75) is 0 Å². The molecule has 0 fully saturated rings. The van der Waals surface area contributed by atoms with Crippen LogP contribution in [-0.4, -0.2) is 15.3 Å². The highest BCUT2D eigenvalue weighted by molar-refractivity contribution is 7.18. The number of phenolic OH excluding ortho intramolecular Hbond substituents is 1. The Labute approximate surface area is 150 Å². The molecule has 0 bridgehead atoms. The van der Waals surface area contributed by atoms with Crippen molar-refractivity contribution < 1.29 is 9.84 Å². The van der Waals surface area contributed by atoms with Gasteiger partial charge in [0, 0.05) is 16.7 Å². The van der Waals surface area contributed by atoms with E-state index in [0.717, 1.165) is 0 Å². The summed E-state index contributed by atoms with van der Waals surface area (Å²) in [6.07, 6.45) is 0. The summed E-state index contributed by atoms with van der Waals surface area (Å²) in [5.41, 5.74) is 6.12. The maximum absolute atomic E-state index is 10.0. The molecule has 0 amide bonds. The second-order valence-electron chi connectivity index (χ2n) is 4.42. The molecule has 118 valence electrons. The summed E-state index contributed by atoms with van der Waals surface area (Å²) < 4.78 is 5.64. The van der Waals surface area contributed by atoms with Gasteiger partial charge in [-0.1, -0.05) is 46.1 Å². The van der Waals surface area contributed by atoms with Crippen LogP contribution in [-0.2, 0) is 0 Å². The molecule has 0 unspecified atom stereocenters. The molecule has 0 aliphatic heterocycles. The van der Waals surface area contributed by atoms with Gasteiger partial charge in [-0.15, -0.1) is 10.2 Å². The number of rotatable bonds is 3. The van der Waals surface area contributed by atoms with Gasteiger partial charge in [0.05, 0.1) is 10.0 Å². The van der Waals surface area contributed by atoms with Gasteiger partial charge in [0.2, 0.25) is 5.13 Å². The van der Waals surface area contributed by atoms with E-state index in [2.05, 4.69) is 10.2 Å². The number of ether oxygens (including phenoxy) is 1. The molecule has 0 radical (unpaired) electrons. The predicted molar refractivity (Wildman–Crippen MR) is 93.0 cm³/mol. The second kappa shape index (κ2) is 6.41. The van der Waals surface area contributed by atoms with Crippen molar-refractivity contribution >= 4 is 51.3 Å². The van der Waals surface area contributed by atoms with Crippen LogP contribution >= 0.6 is 46.1 Å². The van der Waals surface area contributed by atoms with Crippen LogP contribution in [0.15, 0.2) is 30.3 Å². The number of hydrogen-bond donors (Lipinski definition) is 2. The van der Waals surface area contributed by atoms with Crippen LogP contribution in [0.3, 0.4) is 0 Å². The molecule has 0 saturated heterocycles. The van der Waals surface area contributed by atoms with Crippen molar-refractivity contribution in [3.63, 3.8) is 0 Å². The summed E-state index contributed by atoms with van der Waals surface area (Å²) in [5, 5.41) is 19.6. The van der Waals surface area contributed by atoms with E-state index >= 15 is 0 Å². The van der Waals surface area contributed by atoms with E-state index in [1.165, 1.54) is 23.5 Å². The minimum Gasteiger partial charge on any atom is -0.504 e. The minimum absolute atomic E-state index is 0.137. The topological polar surface area (TPSA) is 81.3 Å². The molecular weight excluding hydrogens is 381 g/mol. The standard InChI is InChI=1S/C14H8Cl3N3O2S/c15-6-1-2-11(9(17)3-6)22-12-4-7(8(16)5-10(12)21)13-19-20-14(18)23-13/h1-5,21H,(H2,18,20). The molecule has 0 aliphatic rings. The van der Waals surface area contributed by atoms with Gasteiger partial charge in [-0.2, -0.15) is 0 Å². The summed E-state index contributed by atoms with van der Waals surface area (Å²) in [6.45, 7) is 0. The van der Waals surface area contributed by atoms with E-state index in [0.29, 0.717) is 36.5 Å². The Hall–Kier alpha value is -1.73. The maximum atomic E-state index is 10.0. The van der Waals surface area contributed by atoms with Crippen molar-refractivity contribution in [3.8, 4) is 27.8 Å². The summed E-state index contributed by atoms with van der Waals surface area (Å²) >= 11 is 19.2. The zero-order chi connectivity index (χ0) is 16.6. The molecule has 0 atom stereocenters. The molecule has 23 heavy (non-hydrogen) atoms. The number of aromatic nitrogens is 2. The first-order valence-electron chi connectivity index (χ1n) is 6.19. The van der Waals surface area contributed by atoms with E-state index in [4.69, 9.17) is 45.3 Å². The van der Waals surface area contributed by atoms with Crippen LogP contribution in [0, 0.1) is 0 Å². The van der Waals surface area contributed by atoms with Crippen LogP contribution in [0.1, 0.15) is 0 Å². The molecule has 9 heteroatoms. The van der Waals surface area contributed by atoms with Crippen molar-refractivity contribution in [1.29, 1.82) is 0 Å². The number of phenols is 1. The molecular formula is C14H8Cl3N3O2S. The van der Waals surface area contributed by atoms with Crippen LogP contribution < -0.4 is 10.5 Å². The SMILES string of the molecule is Nc1nnc(-c2cc(Oc3ccc(Cl)cc3Cl)c(O)cc2Cl)s1. The lowest BCUT2D eigenvalue weighted by Crippen LogP contribution is -1.88. The first-order valence-corrected chi connectivity index (χ1v) is 8.14. The lowest BCUT2D eigenvalue weighted by Gasteiger charge is -2.11. The van der Waals surface area contributed by atoms with Crippen molar-refractivity contribution in [2.75, 3.05) is 5.73 Å². The molecule has 3 N–H and O–H groups in total. The number of aromatic hydroxyl groups is 1. The minimum atomic E-state index is -0.137. The molecule has 0 spiro atoms. The number of nitrogens with two attached hydrogens (primary N) is 1. The summed E-state index contributed by atoms with van der Waals surface area (Å²) in [4.78, 5) is 0. The Morgan fingerprint density at radius 2 is 1.78 bits per heavy atom. The average Bonchev–Trinajstić information content (AvgIpc) is 2.90. The van der Waals surface area contributed by atoms with E-state index in [9.17, 15) is 5.11 Å². The van der Waals surface area contributed by atoms with Crippen molar-refractivity contribution in [2.24, 2.45) is 0 Å². The Morgan fingerprint density at radius 1 is 1.00 bits per heavy atom. The van der Waals surface area contributed by atoms with Crippen molar-refractivity contribution in [3.05, 3.63) is 45.4 Å². The van der Waals surface area contributed by atoms with E-state index < -0.39 is 0 Å². The van der Waals surface area contributed by atoms with Gasteiger partial charge in [0.25, 0.3) is 0 Å². The molecule has 3 rings (SSSR count). The number of halogens is 3. The third-order valence-corrected chi connectivity index (χ3v) is 4.46. The molecule has 3 aromatic rings. The Kier molecular flexibility index (Phi) is 4.50. The fourth-order valence-corrected chi connectivity index (χ4v) is 3.20. The summed E-state index contributed by atoms with van der Waals surface area (Å²) in [6, 6.07) is 7.66. The molecule has 1 aromatic heterocycles. The van der Waals surface area contributed by atoms with E-state index in [1.807, 2.05) is 0 Å². The van der Waals surface area contributed by atoms with Crippen molar-refractivity contribution in [1.82, 2.24) is 10.2 Å². The quantitative estimate of drug-likeness (QED) is 0.641. The van der Waals surface area contributed by atoms with Crippen LogP contribution in [0.5, 0.6) is 17.2 Å². The highest BCUT2D eigenvalue weighted by Crippen LogP contribution is 2.42. The average molecular weight is 389 g/mol. The van der Waals surface area contributed by atoms with E-state index in [1.54, 1.807) is 18.2 Å². The number of nitrogen functional groups attached to an aromatic ring is 1. The number of benzene rings is 2. The molecule has 1 heterocycles. The smallest absolute Gasteiger partial charge is 0.203 e. The number of anilines is 1. The monoisotopic (exact) mass is 387 g/mol. The van der Waals surface area contributed by atoms with Gasteiger partial charge in [0.15, 0.2) is 16.5 Å². The normalized spacial score (nSPS) is 10.7.